The summed E-state index contributed by atoms with van der Waals surface area (Å²) in [6.07, 6.45) is 2.95. The highest BCUT2D eigenvalue weighted by Crippen LogP contribution is 2.33. The molecule has 0 aromatic carbocycles. The molecule has 0 aromatic heterocycles. The number of nitrogens with zero attached hydrogens (tertiary/aromatic N) is 1. The average molecular weight is 238 g/mol. The fourth-order valence-electron chi connectivity index (χ4n) is 3.61. The van der Waals surface area contributed by atoms with Crippen LogP contribution >= 0.6 is 0 Å². The summed E-state index contributed by atoms with van der Waals surface area (Å²) >= 11 is 0. The molecule has 0 radical (unpaired) electrons. The van der Waals surface area contributed by atoms with Crippen molar-refractivity contribution in [3.63, 3.8) is 0 Å². The number of hydrogen-bond donors (Lipinski definition) is 1. The molecule has 3 saturated heterocycles. The van der Waals surface area contributed by atoms with Crippen LogP contribution in [0.3, 0.4) is 0 Å². The molecular weight excluding hydrogens is 216 g/mol. The van der Waals surface area contributed by atoms with Gasteiger partial charge in [0.15, 0.2) is 0 Å². The number of amides is 1. The van der Waals surface area contributed by atoms with Crippen molar-refractivity contribution < 1.29 is 9.53 Å². The van der Waals surface area contributed by atoms with Crippen molar-refractivity contribution in [3.8, 4) is 0 Å². The van der Waals surface area contributed by atoms with E-state index in [0.29, 0.717) is 30.2 Å². The molecule has 17 heavy (non-hydrogen) atoms. The van der Waals surface area contributed by atoms with E-state index in [1.165, 1.54) is 0 Å². The molecule has 4 atom stereocenters. The summed E-state index contributed by atoms with van der Waals surface area (Å²) in [6.45, 7) is 6.15. The largest absolute Gasteiger partial charge is 0.378 e. The number of nitrogens with one attached hydrogen (secondary N) is 1. The molecule has 3 aliphatic rings. The Morgan fingerprint density at radius 3 is 3.06 bits per heavy atom. The zero-order valence-corrected chi connectivity index (χ0v) is 10.5. The van der Waals surface area contributed by atoms with Gasteiger partial charge in [0.1, 0.15) is 0 Å². The topological polar surface area (TPSA) is 41.6 Å². The van der Waals surface area contributed by atoms with Crippen LogP contribution in [0.1, 0.15) is 26.2 Å². The van der Waals surface area contributed by atoms with Gasteiger partial charge in [-0.2, -0.15) is 0 Å². The molecule has 1 amide bonds. The molecule has 3 fully saturated rings. The van der Waals surface area contributed by atoms with Gasteiger partial charge in [-0.3, -0.25) is 4.79 Å². The van der Waals surface area contributed by atoms with Crippen molar-refractivity contribution in [2.24, 2.45) is 11.8 Å². The molecule has 4 nitrogen and oxygen atoms in total. The summed E-state index contributed by atoms with van der Waals surface area (Å²) in [5.74, 6) is 1.65. The quantitative estimate of drug-likeness (QED) is 0.767. The van der Waals surface area contributed by atoms with Crippen LogP contribution in [0.4, 0.5) is 0 Å². The average Bonchev–Trinajstić information content (AvgIpc) is 2.97. The first-order valence-corrected chi connectivity index (χ1v) is 6.87. The summed E-state index contributed by atoms with van der Waals surface area (Å²) in [6, 6.07) is 0.406. The number of rotatable bonds is 2. The third kappa shape index (κ3) is 2.08. The SMILES string of the molecule is CC1C2CNCC2CN1C(=O)CC1CCCO1. The van der Waals surface area contributed by atoms with Crippen LogP contribution in [0.5, 0.6) is 0 Å². The van der Waals surface area contributed by atoms with Crippen molar-refractivity contribution in [1.29, 1.82) is 0 Å². The molecule has 0 spiro atoms. The van der Waals surface area contributed by atoms with Gasteiger partial charge >= 0.3 is 0 Å². The molecule has 3 rings (SSSR count). The highest BCUT2D eigenvalue weighted by Gasteiger charge is 2.43. The van der Waals surface area contributed by atoms with Gasteiger partial charge in [-0.05, 0) is 31.6 Å². The Hall–Kier alpha value is -0.610. The maximum absolute atomic E-state index is 12.3. The molecule has 0 aromatic rings. The maximum Gasteiger partial charge on any atom is 0.225 e. The zero-order valence-electron chi connectivity index (χ0n) is 10.5. The third-order valence-electron chi connectivity index (χ3n) is 4.68. The van der Waals surface area contributed by atoms with E-state index in [1.807, 2.05) is 0 Å². The van der Waals surface area contributed by atoms with Crippen molar-refractivity contribution in [2.45, 2.75) is 38.3 Å². The van der Waals surface area contributed by atoms with Crippen LogP contribution < -0.4 is 5.32 Å². The Morgan fingerprint density at radius 2 is 2.35 bits per heavy atom. The van der Waals surface area contributed by atoms with E-state index in [4.69, 9.17) is 4.74 Å². The summed E-state index contributed by atoms with van der Waals surface area (Å²) < 4.78 is 5.55. The Kier molecular flexibility index (Phi) is 3.09. The van der Waals surface area contributed by atoms with E-state index in [0.717, 1.165) is 39.1 Å². The minimum Gasteiger partial charge on any atom is -0.378 e. The summed E-state index contributed by atoms with van der Waals surface area (Å²) in [5.41, 5.74) is 0. The molecular formula is C13H22N2O2. The van der Waals surface area contributed by atoms with Crippen LogP contribution in [0.2, 0.25) is 0 Å². The van der Waals surface area contributed by atoms with E-state index in [1.54, 1.807) is 0 Å². The van der Waals surface area contributed by atoms with E-state index in [9.17, 15) is 4.79 Å². The molecule has 0 saturated carbocycles. The lowest BCUT2D eigenvalue weighted by atomic mass is 9.95. The number of fused-ring (bicyclic) bond motifs is 1. The lowest BCUT2D eigenvalue weighted by molar-refractivity contribution is -0.134. The number of carbonyl (C=O) groups is 1. The number of hydrogen-bond acceptors (Lipinski definition) is 3. The summed E-state index contributed by atoms with van der Waals surface area (Å²) in [4.78, 5) is 14.4. The van der Waals surface area contributed by atoms with E-state index in [-0.39, 0.29) is 6.10 Å². The van der Waals surface area contributed by atoms with Crippen LogP contribution in [-0.4, -0.2) is 49.2 Å². The van der Waals surface area contributed by atoms with Crippen molar-refractivity contribution in [2.75, 3.05) is 26.2 Å². The first-order chi connectivity index (χ1) is 8.25. The van der Waals surface area contributed by atoms with Gasteiger partial charge in [-0.1, -0.05) is 0 Å². The lowest BCUT2D eigenvalue weighted by Crippen LogP contribution is -2.39. The normalized spacial score (nSPS) is 40.9. The van der Waals surface area contributed by atoms with Crippen LogP contribution in [0.15, 0.2) is 0 Å². The molecule has 3 heterocycles. The molecule has 4 unspecified atom stereocenters. The van der Waals surface area contributed by atoms with Gasteiger partial charge in [0.25, 0.3) is 0 Å². The molecule has 96 valence electrons. The highest BCUT2D eigenvalue weighted by molar-refractivity contribution is 5.77. The van der Waals surface area contributed by atoms with E-state index >= 15 is 0 Å². The van der Waals surface area contributed by atoms with Crippen LogP contribution in [-0.2, 0) is 9.53 Å². The van der Waals surface area contributed by atoms with Crippen LogP contribution in [0.25, 0.3) is 0 Å². The number of likely N-dealkylation sites (tertiary alicyclic amines) is 1. The first kappa shape index (κ1) is 11.5. The van der Waals surface area contributed by atoms with Crippen molar-refractivity contribution in [3.05, 3.63) is 0 Å². The third-order valence-corrected chi connectivity index (χ3v) is 4.68. The molecule has 0 aliphatic carbocycles. The Bertz CT molecular complexity index is 302. The van der Waals surface area contributed by atoms with Gasteiger partial charge < -0.3 is 15.0 Å². The Balaban J connectivity index is 1.58. The van der Waals surface area contributed by atoms with E-state index < -0.39 is 0 Å². The smallest absolute Gasteiger partial charge is 0.225 e. The summed E-state index contributed by atoms with van der Waals surface area (Å²) in [5, 5.41) is 3.42. The minimum absolute atomic E-state index is 0.188. The molecule has 0 bridgehead atoms. The fourth-order valence-corrected chi connectivity index (χ4v) is 3.61. The molecule has 4 heteroatoms. The number of carbonyl (C=O) groups excluding carboxylic acids is 1. The summed E-state index contributed by atoms with van der Waals surface area (Å²) in [7, 11) is 0. The van der Waals surface area contributed by atoms with Gasteiger partial charge in [0, 0.05) is 32.3 Å². The van der Waals surface area contributed by atoms with Crippen molar-refractivity contribution >= 4 is 5.91 Å². The number of ether oxygens (including phenoxy) is 1. The monoisotopic (exact) mass is 238 g/mol. The Labute approximate surface area is 103 Å². The van der Waals surface area contributed by atoms with Crippen LogP contribution in [0, 0.1) is 11.8 Å². The minimum atomic E-state index is 0.188. The van der Waals surface area contributed by atoms with Crippen molar-refractivity contribution in [1.82, 2.24) is 10.2 Å². The second-order valence-corrected chi connectivity index (χ2v) is 5.71. The molecule has 1 N–H and O–H groups in total. The predicted molar refractivity (Wildman–Crippen MR) is 64.6 cm³/mol. The fraction of sp³-hybridized carbons (Fsp3) is 0.923. The molecule has 3 aliphatic heterocycles. The first-order valence-electron chi connectivity index (χ1n) is 6.87. The van der Waals surface area contributed by atoms with Gasteiger partial charge in [0.05, 0.1) is 12.5 Å². The van der Waals surface area contributed by atoms with E-state index in [2.05, 4.69) is 17.1 Å². The van der Waals surface area contributed by atoms with Gasteiger partial charge in [0.2, 0.25) is 5.91 Å². The van der Waals surface area contributed by atoms with Gasteiger partial charge in [-0.25, -0.2) is 0 Å². The second kappa shape index (κ2) is 4.58. The highest BCUT2D eigenvalue weighted by atomic mass is 16.5. The lowest BCUT2D eigenvalue weighted by Gasteiger charge is -2.25. The second-order valence-electron chi connectivity index (χ2n) is 5.71. The predicted octanol–water partition coefficient (Wildman–Crippen LogP) is 0.622. The van der Waals surface area contributed by atoms with Gasteiger partial charge in [-0.15, -0.1) is 0 Å². The Morgan fingerprint density at radius 1 is 1.47 bits per heavy atom. The zero-order chi connectivity index (χ0) is 11.8. The maximum atomic E-state index is 12.3. The standard InChI is InChI=1S/C13H22N2O2/c1-9-12-7-14-6-10(12)8-15(9)13(16)5-11-3-2-4-17-11/h9-12,14H,2-8H2,1H3.